The number of hydrogen-bond acceptors (Lipinski definition) is 2. The van der Waals surface area contributed by atoms with Gasteiger partial charge in [0.2, 0.25) is 0 Å². The fraction of sp³-hybridized carbons (Fsp3) is 0.111. The molecule has 0 saturated heterocycles. The highest BCUT2D eigenvalue weighted by molar-refractivity contribution is 7.80. The predicted molar refractivity (Wildman–Crippen MR) is 68.9 cm³/mol. The average Bonchev–Trinajstić information content (AvgIpc) is 2.09. The zero-order valence-electron chi connectivity index (χ0n) is 7.94. The second-order valence-electron chi connectivity index (χ2n) is 2.86. The first kappa shape index (κ1) is 11.7. The number of aliphatic hydroxyl groups excluding tert-OH is 2. The van der Waals surface area contributed by atoms with Crippen molar-refractivity contribution < 1.29 is 10.2 Å². The molecule has 0 aromatic heterocycles. The molecule has 15 heavy (non-hydrogen) atoms. The van der Waals surface area contributed by atoms with Crippen LogP contribution in [0.4, 0.5) is 11.4 Å². The molecule has 0 unspecified atom stereocenters. The smallest absolute Gasteiger partial charge is 0.258 e. The molecule has 4 nitrogen and oxygen atoms in total. The van der Waals surface area contributed by atoms with E-state index in [1.807, 2.05) is 13.0 Å². The fourth-order valence-electron chi connectivity index (χ4n) is 1.16. The van der Waals surface area contributed by atoms with Crippen LogP contribution in [-0.2, 0) is 0 Å². The van der Waals surface area contributed by atoms with Crippen molar-refractivity contribution in [1.82, 2.24) is 0 Å². The van der Waals surface area contributed by atoms with E-state index in [1.54, 1.807) is 12.1 Å². The lowest BCUT2D eigenvalue weighted by Gasteiger charge is -2.13. The van der Waals surface area contributed by atoms with E-state index in [-0.39, 0.29) is 10.3 Å². The zero-order chi connectivity index (χ0) is 11.4. The van der Waals surface area contributed by atoms with Gasteiger partial charge in [0.1, 0.15) is 0 Å². The van der Waals surface area contributed by atoms with Crippen molar-refractivity contribution in [3.05, 3.63) is 23.8 Å². The van der Waals surface area contributed by atoms with E-state index in [9.17, 15) is 0 Å². The minimum absolute atomic E-state index is 0.337. The van der Waals surface area contributed by atoms with Crippen molar-refractivity contribution in [3.63, 3.8) is 0 Å². The van der Waals surface area contributed by atoms with Gasteiger partial charge in [0.25, 0.3) is 10.3 Å². The SMILES string of the molecule is Cc1cccc(NC(O)=S)c1NC(O)=S. The third-order valence-electron chi connectivity index (χ3n) is 1.75. The standard InChI is InChI=1S/C9H10N2O2S2/c1-5-3-2-4-6(10-8(12)14)7(5)11-9(13)15/h2-4H,1H3,(H2,10,12,14)(H2,11,13,15). The van der Waals surface area contributed by atoms with E-state index >= 15 is 0 Å². The molecule has 0 heterocycles. The molecule has 6 heteroatoms. The van der Waals surface area contributed by atoms with Crippen LogP contribution in [0.3, 0.4) is 0 Å². The second kappa shape index (κ2) is 4.90. The summed E-state index contributed by atoms with van der Waals surface area (Å²) in [6.07, 6.45) is 0. The molecule has 0 saturated carbocycles. The van der Waals surface area contributed by atoms with Crippen molar-refractivity contribution in [2.75, 3.05) is 10.6 Å². The number of hydrogen-bond donors (Lipinski definition) is 4. The van der Waals surface area contributed by atoms with E-state index in [4.69, 9.17) is 10.2 Å². The molecule has 0 bridgehead atoms. The Morgan fingerprint density at radius 2 is 1.73 bits per heavy atom. The Balaban J connectivity index is 3.08. The lowest BCUT2D eigenvalue weighted by molar-refractivity contribution is 0.565. The van der Waals surface area contributed by atoms with Gasteiger partial charge < -0.3 is 20.8 Å². The Morgan fingerprint density at radius 3 is 2.27 bits per heavy atom. The molecule has 1 aromatic carbocycles. The lowest BCUT2D eigenvalue weighted by Crippen LogP contribution is -2.13. The van der Waals surface area contributed by atoms with Crippen LogP contribution in [0.15, 0.2) is 18.2 Å². The van der Waals surface area contributed by atoms with Crippen molar-refractivity contribution >= 4 is 46.2 Å². The number of para-hydroxylation sites is 1. The number of aryl methyl sites for hydroxylation is 1. The van der Waals surface area contributed by atoms with Gasteiger partial charge in [-0.2, -0.15) is 0 Å². The molecule has 1 aromatic rings. The van der Waals surface area contributed by atoms with Gasteiger partial charge in [-0.25, -0.2) is 0 Å². The van der Waals surface area contributed by atoms with E-state index in [1.165, 1.54) is 0 Å². The highest BCUT2D eigenvalue weighted by Gasteiger charge is 2.07. The van der Waals surface area contributed by atoms with Gasteiger partial charge in [-0.1, -0.05) is 12.1 Å². The van der Waals surface area contributed by atoms with Crippen molar-refractivity contribution in [2.45, 2.75) is 6.92 Å². The Hall–Kier alpha value is -1.40. The highest BCUT2D eigenvalue weighted by atomic mass is 32.1. The topological polar surface area (TPSA) is 64.5 Å². The molecule has 0 amide bonds. The molecular formula is C9H10N2O2S2. The number of benzene rings is 1. The molecule has 1 rings (SSSR count). The number of anilines is 2. The van der Waals surface area contributed by atoms with Gasteiger partial charge in [0.15, 0.2) is 0 Å². The van der Waals surface area contributed by atoms with Gasteiger partial charge in [0.05, 0.1) is 11.4 Å². The first-order valence-electron chi connectivity index (χ1n) is 4.10. The largest absolute Gasteiger partial charge is 0.486 e. The van der Waals surface area contributed by atoms with Crippen LogP contribution in [-0.4, -0.2) is 20.6 Å². The van der Waals surface area contributed by atoms with Crippen LogP contribution in [0.2, 0.25) is 0 Å². The number of rotatable bonds is 2. The first-order chi connectivity index (χ1) is 7.00. The van der Waals surface area contributed by atoms with Crippen molar-refractivity contribution in [1.29, 1.82) is 0 Å². The first-order valence-corrected chi connectivity index (χ1v) is 4.92. The Morgan fingerprint density at radius 1 is 1.13 bits per heavy atom. The maximum atomic E-state index is 8.99. The summed E-state index contributed by atoms with van der Waals surface area (Å²) in [5.41, 5.74) is 2.01. The Kier molecular flexibility index (Phi) is 3.81. The summed E-state index contributed by atoms with van der Waals surface area (Å²) in [5.74, 6) is 0. The molecular weight excluding hydrogens is 232 g/mol. The van der Waals surface area contributed by atoms with Crippen LogP contribution < -0.4 is 10.6 Å². The molecule has 0 aliphatic heterocycles. The fourth-order valence-corrected chi connectivity index (χ4v) is 1.37. The molecule has 0 atom stereocenters. The quantitative estimate of drug-likeness (QED) is 0.598. The number of aliphatic hydroxyl groups is 2. The lowest BCUT2D eigenvalue weighted by atomic mass is 10.1. The molecule has 0 aliphatic carbocycles. The summed E-state index contributed by atoms with van der Waals surface area (Å²) < 4.78 is 0. The molecule has 4 N–H and O–H groups in total. The predicted octanol–water partition coefficient (Wildman–Crippen LogP) is 2.50. The van der Waals surface area contributed by atoms with E-state index in [2.05, 4.69) is 35.1 Å². The summed E-state index contributed by atoms with van der Waals surface area (Å²) in [6.45, 7) is 1.84. The van der Waals surface area contributed by atoms with Crippen LogP contribution in [0, 0.1) is 6.92 Å². The van der Waals surface area contributed by atoms with Gasteiger partial charge in [0, 0.05) is 0 Å². The minimum Gasteiger partial charge on any atom is -0.486 e. The van der Waals surface area contributed by atoms with E-state index in [0.717, 1.165) is 5.56 Å². The van der Waals surface area contributed by atoms with Crippen molar-refractivity contribution in [2.24, 2.45) is 0 Å². The molecule has 80 valence electrons. The third kappa shape index (κ3) is 3.34. The van der Waals surface area contributed by atoms with Gasteiger partial charge in [-0.3, -0.25) is 0 Å². The molecule has 0 spiro atoms. The Labute approximate surface area is 97.9 Å². The normalized spacial score (nSPS) is 9.40. The summed E-state index contributed by atoms with van der Waals surface area (Å²) in [7, 11) is 0. The molecule has 0 aliphatic rings. The van der Waals surface area contributed by atoms with E-state index < -0.39 is 0 Å². The Bertz CT molecular complexity index is 407. The van der Waals surface area contributed by atoms with Gasteiger partial charge in [-0.15, -0.1) is 0 Å². The molecule has 0 radical (unpaired) electrons. The van der Waals surface area contributed by atoms with Crippen LogP contribution >= 0.6 is 24.4 Å². The van der Waals surface area contributed by atoms with Crippen LogP contribution in [0.1, 0.15) is 5.56 Å². The van der Waals surface area contributed by atoms with Crippen LogP contribution in [0.5, 0.6) is 0 Å². The summed E-state index contributed by atoms with van der Waals surface area (Å²) in [5, 5.41) is 22.4. The van der Waals surface area contributed by atoms with E-state index in [0.29, 0.717) is 11.4 Å². The number of nitrogens with one attached hydrogen (secondary N) is 2. The maximum Gasteiger partial charge on any atom is 0.258 e. The van der Waals surface area contributed by atoms with Crippen LogP contribution in [0.25, 0.3) is 0 Å². The highest BCUT2D eigenvalue weighted by Crippen LogP contribution is 2.25. The average molecular weight is 242 g/mol. The summed E-state index contributed by atoms with van der Waals surface area (Å²) >= 11 is 9.05. The minimum atomic E-state index is -0.340. The van der Waals surface area contributed by atoms with Crippen molar-refractivity contribution in [3.8, 4) is 0 Å². The summed E-state index contributed by atoms with van der Waals surface area (Å²) in [6, 6.07) is 5.34. The number of thiocarbonyl (C=S) groups is 2. The maximum absolute atomic E-state index is 8.99. The summed E-state index contributed by atoms with van der Waals surface area (Å²) in [4.78, 5) is 0. The van der Waals surface area contributed by atoms with Gasteiger partial charge in [-0.05, 0) is 43.0 Å². The third-order valence-corrected chi connectivity index (χ3v) is 1.95. The van der Waals surface area contributed by atoms with Gasteiger partial charge >= 0.3 is 0 Å². The molecule has 0 fully saturated rings. The zero-order valence-corrected chi connectivity index (χ0v) is 9.58. The monoisotopic (exact) mass is 242 g/mol. The second-order valence-corrected chi connectivity index (χ2v) is 3.63.